The predicted molar refractivity (Wildman–Crippen MR) is 76.3 cm³/mol. The number of rotatable bonds is 3. The summed E-state index contributed by atoms with van der Waals surface area (Å²) >= 11 is 0. The van der Waals surface area contributed by atoms with Crippen molar-refractivity contribution in [1.82, 2.24) is 10.3 Å². The average Bonchev–Trinajstić information content (AvgIpc) is 2.65. The van der Waals surface area contributed by atoms with Gasteiger partial charge in [-0.15, -0.1) is 0 Å². The first-order valence-electron chi connectivity index (χ1n) is 7.12. The number of hydrogen-bond acceptors (Lipinski definition) is 3. The van der Waals surface area contributed by atoms with Gasteiger partial charge in [0.15, 0.2) is 0 Å². The van der Waals surface area contributed by atoms with Crippen LogP contribution in [0.3, 0.4) is 0 Å². The molecule has 0 aromatic heterocycles. The van der Waals surface area contributed by atoms with Crippen LogP contribution in [0.15, 0.2) is 18.2 Å². The molecule has 1 heterocycles. The first-order chi connectivity index (χ1) is 9.60. The number of likely N-dealkylation sites (tertiary alicyclic amines) is 1. The van der Waals surface area contributed by atoms with Crippen LogP contribution in [0.1, 0.15) is 42.1 Å². The molecule has 0 bridgehead atoms. The summed E-state index contributed by atoms with van der Waals surface area (Å²) in [5, 5.41) is 0. The zero-order chi connectivity index (χ0) is 14.5. The van der Waals surface area contributed by atoms with Crippen LogP contribution in [0.5, 0.6) is 0 Å². The van der Waals surface area contributed by atoms with Crippen molar-refractivity contribution in [3.05, 3.63) is 35.1 Å². The highest BCUT2D eigenvalue weighted by Crippen LogP contribution is 2.19. The molecule has 110 valence electrons. The molecule has 4 nitrogen and oxygen atoms in total. The van der Waals surface area contributed by atoms with Crippen molar-refractivity contribution in [2.45, 2.75) is 32.7 Å². The SMILES string of the molecule is CC1CCCN(Cc2cc(C(=O)NN)ccc2F)CC1. The fraction of sp³-hybridized carbons (Fsp3) is 0.533. The van der Waals surface area contributed by atoms with Crippen molar-refractivity contribution in [3.63, 3.8) is 0 Å². The lowest BCUT2D eigenvalue weighted by atomic mass is 10.0. The zero-order valence-electron chi connectivity index (χ0n) is 11.9. The van der Waals surface area contributed by atoms with E-state index in [4.69, 9.17) is 5.84 Å². The largest absolute Gasteiger partial charge is 0.299 e. The Balaban J connectivity index is 2.09. The number of nitrogens with one attached hydrogen (secondary N) is 1. The summed E-state index contributed by atoms with van der Waals surface area (Å²) in [6.45, 7) is 4.77. The number of carbonyl (C=O) groups excluding carboxylic acids is 1. The van der Waals surface area contributed by atoms with Crippen LogP contribution in [0.4, 0.5) is 4.39 Å². The Morgan fingerprint density at radius 3 is 3.00 bits per heavy atom. The Kier molecular flexibility index (Phi) is 5.09. The molecule has 2 rings (SSSR count). The molecule has 0 radical (unpaired) electrons. The molecular weight excluding hydrogens is 257 g/mol. The molecule has 1 saturated heterocycles. The van der Waals surface area contributed by atoms with Gasteiger partial charge in [-0.1, -0.05) is 6.92 Å². The summed E-state index contributed by atoms with van der Waals surface area (Å²) in [6, 6.07) is 4.37. The van der Waals surface area contributed by atoms with Crippen molar-refractivity contribution in [1.29, 1.82) is 0 Å². The lowest BCUT2D eigenvalue weighted by Crippen LogP contribution is -2.30. The average molecular weight is 279 g/mol. The topological polar surface area (TPSA) is 58.4 Å². The maximum absolute atomic E-state index is 13.9. The lowest BCUT2D eigenvalue weighted by molar-refractivity contribution is 0.0953. The summed E-state index contributed by atoms with van der Waals surface area (Å²) in [5.74, 6) is 5.18. The molecule has 1 aliphatic rings. The van der Waals surface area contributed by atoms with E-state index >= 15 is 0 Å². The smallest absolute Gasteiger partial charge is 0.265 e. The van der Waals surface area contributed by atoms with E-state index in [1.165, 1.54) is 18.6 Å². The predicted octanol–water partition coefficient (Wildman–Crippen LogP) is 2.05. The second-order valence-electron chi connectivity index (χ2n) is 5.59. The second kappa shape index (κ2) is 6.81. The number of nitrogens with two attached hydrogens (primary N) is 1. The maximum atomic E-state index is 13.9. The van der Waals surface area contributed by atoms with Gasteiger partial charge >= 0.3 is 0 Å². The van der Waals surface area contributed by atoms with Crippen LogP contribution in [0, 0.1) is 11.7 Å². The Morgan fingerprint density at radius 2 is 2.25 bits per heavy atom. The third-order valence-electron chi connectivity index (χ3n) is 3.94. The molecule has 1 aliphatic heterocycles. The molecule has 1 atom stereocenters. The van der Waals surface area contributed by atoms with Crippen LogP contribution in [0.25, 0.3) is 0 Å². The normalized spacial score (nSPS) is 20.4. The number of benzene rings is 1. The number of carbonyl (C=O) groups is 1. The fourth-order valence-corrected chi connectivity index (χ4v) is 2.64. The van der Waals surface area contributed by atoms with Crippen LogP contribution in [-0.4, -0.2) is 23.9 Å². The standard InChI is InChI=1S/C15H22FN3O/c1-11-3-2-7-19(8-6-11)10-13-9-12(15(20)18-17)4-5-14(13)16/h4-5,9,11H,2-3,6-8,10,17H2,1H3,(H,18,20). The molecule has 1 amide bonds. The van der Waals surface area contributed by atoms with Crippen molar-refractivity contribution in [2.75, 3.05) is 13.1 Å². The van der Waals surface area contributed by atoms with Gasteiger partial charge in [-0.3, -0.25) is 15.1 Å². The number of halogens is 1. The first kappa shape index (κ1) is 14.9. The molecule has 0 saturated carbocycles. The van der Waals surface area contributed by atoms with Gasteiger partial charge in [-0.05, 0) is 56.5 Å². The minimum absolute atomic E-state index is 0.268. The molecule has 1 unspecified atom stereocenters. The van der Waals surface area contributed by atoms with Gasteiger partial charge in [0.2, 0.25) is 0 Å². The van der Waals surface area contributed by atoms with Crippen molar-refractivity contribution in [2.24, 2.45) is 11.8 Å². The third-order valence-corrected chi connectivity index (χ3v) is 3.94. The molecule has 1 aromatic carbocycles. The summed E-state index contributed by atoms with van der Waals surface area (Å²) in [5.41, 5.74) is 3.02. The lowest BCUT2D eigenvalue weighted by Gasteiger charge is -2.20. The number of amides is 1. The third kappa shape index (κ3) is 3.77. The van der Waals surface area contributed by atoms with E-state index in [2.05, 4.69) is 17.2 Å². The van der Waals surface area contributed by atoms with E-state index in [9.17, 15) is 9.18 Å². The minimum Gasteiger partial charge on any atom is -0.299 e. The van der Waals surface area contributed by atoms with Gasteiger partial charge in [0.1, 0.15) is 5.82 Å². The highest BCUT2D eigenvalue weighted by atomic mass is 19.1. The molecular formula is C15H22FN3O. The Bertz CT molecular complexity index is 478. The van der Waals surface area contributed by atoms with E-state index in [1.807, 2.05) is 0 Å². The summed E-state index contributed by atoms with van der Waals surface area (Å²) < 4.78 is 13.9. The van der Waals surface area contributed by atoms with Crippen molar-refractivity contribution in [3.8, 4) is 0 Å². The van der Waals surface area contributed by atoms with E-state index in [1.54, 1.807) is 6.07 Å². The summed E-state index contributed by atoms with van der Waals surface area (Å²) in [6.07, 6.45) is 3.52. The van der Waals surface area contributed by atoms with Crippen molar-refractivity contribution >= 4 is 5.91 Å². The van der Waals surface area contributed by atoms with E-state index in [-0.39, 0.29) is 5.82 Å². The Hall–Kier alpha value is -1.46. The molecule has 3 N–H and O–H groups in total. The molecule has 0 aliphatic carbocycles. The molecule has 5 heteroatoms. The zero-order valence-corrected chi connectivity index (χ0v) is 11.9. The molecule has 1 fully saturated rings. The van der Waals surface area contributed by atoms with E-state index in [0.717, 1.165) is 31.8 Å². The van der Waals surface area contributed by atoms with Gasteiger partial charge in [0, 0.05) is 17.7 Å². The number of nitrogen functional groups attached to an aromatic ring is 1. The van der Waals surface area contributed by atoms with E-state index < -0.39 is 5.91 Å². The summed E-state index contributed by atoms with van der Waals surface area (Å²) in [4.78, 5) is 13.8. The molecule has 0 spiro atoms. The number of nitrogens with zero attached hydrogens (tertiary/aromatic N) is 1. The van der Waals surface area contributed by atoms with Crippen LogP contribution in [0.2, 0.25) is 0 Å². The van der Waals surface area contributed by atoms with Crippen LogP contribution < -0.4 is 11.3 Å². The van der Waals surface area contributed by atoms with Crippen LogP contribution in [-0.2, 0) is 6.54 Å². The molecule has 20 heavy (non-hydrogen) atoms. The van der Waals surface area contributed by atoms with Crippen molar-refractivity contribution < 1.29 is 9.18 Å². The monoisotopic (exact) mass is 279 g/mol. The number of hydrogen-bond donors (Lipinski definition) is 2. The summed E-state index contributed by atoms with van der Waals surface area (Å²) in [7, 11) is 0. The first-order valence-corrected chi connectivity index (χ1v) is 7.12. The van der Waals surface area contributed by atoms with Gasteiger partial charge < -0.3 is 0 Å². The fourth-order valence-electron chi connectivity index (χ4n) is 2.64. The quantitative estimate of drug-likeness (QED) is 0.506. The minimum atomic E-state index is -0.393. The maximum Gasteiger partial charge on any atom is 0.265 e. The number of hydrazine groups is 1. The highest BCUT2D eigenvalue weighted by molar-refractivity contribution is 5.93. The second-order valence-corrected chi connectivity index (χ2v) is 5.59. The Morgan fingerprint density at radius 1 is 1.45 bits per heavy atom. The Labute approximate surface area is 119 Å². The van der Waals surface area contributed by atoms with Gasteiger partial charge in [0.05, 0.1) is 0 Å². The molecule has 1 aromatic rings. The van der Waals surface area contributed by atoms with Gasteiger partial charge in [0.25, 0.3) is 5.91 Å². The van der Waals surface area contributed by atoms with Gasteiger partial charge in [-0.25, -0.2) is 10.2 Å². The highest BCUT2D eigenvalue weighted by Gasteiger charge is 2.16. The van der Waals surface area contributed by atoms with Gasteiger partial charge in [-0.2, -0.15) is 0 Å². The van der Waals surface area contributed by atoms with E-state index in [0.29, 0.717) is 17.7 Å². The van der Waals surface area contributed by atoms with Crippen LogP contribution >= 0.6 is 0 Å².